The summed E-state index contributed by atoms with van der Waals surface area (Å²) in [5.41, 5.74) is -0.583. The van der Waals surface area contributed by atoms with E-state index in [0.29, 0.717) is 6.07 Å². The van der Waals surface area contributed by atoms with Gasteiger partial charge >= 0.3 is 0 Å². The molecule has 1 saturated heterocycles. The molecular weight excluding hydrogens is 427 g/mol. The van der Waals surface area contributed by atoms with Gasteiger partial charge in [0.25, 0.3) is 5.69 Å². The highest BCUT2D eigenvalue weighted by Crippen LogP contribution is 2.32. The van der Waals surface area contributed by atoms with Gasteiger partial charge in [-0.15, -0.1) is 0 Å². The summed E-state index contributed by atoms with van der Waals surface area (Å²) in [5.74, 6) is -2.58. The smallest absolute Gasteiger partial charge is 0.291 e. The first-order valence-electron chi connectivity index (χ1n) is 9.62. The van der Waals surface area contributed by atoms with E-state index in [2.05, 4.69) is 15.0 Å². The second-order valence-electron chi connectivity index (χ2n) is 7.29. The van der Waals surface area contributed by atoms with E-state index in [9.17, 15) is 28.1 Å². The number of aromatic nitrogens is 3. The van der Waals surface area contributed by atoms with Crippen LogP contribution in [0, 0.1) is 27.7 Å². The predicted octanol–water partition coefficient (Wildman–Crippen LogP) is 3.44. The zero-order chi connectivity index (χ0) is 22.8. The van der Waals surface area contributed by atoms with Gasteiger partial charge in [0.2, 0.25) is 5.91 Å². The summed E-state index contributed by atoms with van der Waals surface area (Å²) < 4.78 is 41.8. The van der Waals surface area contributed by atoms with Crippen LogP contribution >= 0.6 is 0 Å². The minimum absolute atomic E-state index is 0.0300. The Labute approximate surface area is 179 Å². The van der Waals surface area contributed by atoms with E-state index < -0.39 is 46.7 Å². The van der Waals surface area contributed by atoms with E-state index >= 15 is 0 Å². The molecule has 1 amide bonds. The van der Waals surface area contributed by atoms with Crippen molar-refractivity contribution in [2.45, 2.75) is 12.6 Å². The molecule has 0 bridgehead atoms. The summed E-state index contributed by atoms with van der Waals surface area (Å²) in [7, 11) is 0. The Kier molecular flexibility index (Phi) is 5.80. The maximum atomic E-state index is 14.5. The van der Waals surface area contributed by atoms with Crippen molar-refractivity contribution < 1.29 is 22.9 Å². The van der Waals surface area contributed by atoms with Gasteiger partial charge in [0, 0.05) is 49.1 Å². The van der Waals surface area contributed by atoms with E-state index in [1.54, 1.807) is 6.07 Å². The molecule has 0 aliphatic carbocycles. The number of carbonyl (C=O) groups excluding carboxylic acids is 1. The van der Waals surface area contributed by atoms with Crippen molar-refractivity contribution in [3.63, 3.8) is 0 Å². The van der Waals surface area contributed by atoms with Crippen LogP contribution in [0.3, 0.4) is 0 Å². The van der Waals surface area contributed by atoms with Gasteiger partial charge in [0.1, 0.15) is 17.3 Å². The molecule has 0 N–H and O–H groups in total. The third kappa shape index (κ3) is 4.27. The van der Waals surface area contributed by atoms with Crippen LogP contribution in [0.5, 0.6) is 0 Å². The van der Waals surface area contributed by atoms with Gasteiger partial charge in [-0.2, -0.15) is 0 Å². The van der Waals surface area contributed by atoms with Gasteiger partial charge < -0.3 is 4.90 Å². The average molecular weight is 443 g/mol. The molecule has 1 aromatic carbocycles. The van der Waals surface area contributed by atoms with Crippen LogP contribution in [0.4, 0.5) is 18.9 Å². The van der Waals surface area contributed by atoms with Crippen LogP contribution in [-0.4, -0.2) is 43.8 Å². The number of likely N-dealkylation sites (tertiary alicyclic amines) is 1. The number of hydrogen-bond acceptors (Lipinski definition) is 6. The van der Waals surface area contributed by atoms with Crippen molar-refractivity contribution in [1.29, 1.82) is 0 Å². The molecule has 4 rings (SSSR count). The number of alkyl halides is 1. The number of nitrogens with zero attached hydrogens (tertiary/aromatic N) is 5. The van der Waals surface area contributed by atoms with Gasteiger partial charge in [-0.25, -0.2) is 28.1 Å². The minimum atomic E-state index is -1.43. The summed E-state index contributed by atoms with van der Waals surface area (Å²) >= 11 is 0. The molecule has 8 nitrogen and oxygen atoms in total. The Balaban J connectivity index is 1.49. The Morgan fingerprint density at radius 3 is 2.56 bits per heavy atom. The minimum Gasteiger partial charge on any atom is -0.341 e. The van der Waals surface area contributed by atoms with Crippen LogP contribution in [0.2, 0.25) is 0 Å². The molecule has 1 atom stereocenters. The number of carbonyl (C=O) groups is 1. The summed E-state index contributed by atoms with van der Waals surface area (Å²) in [6.45, 7) is 0.219. The number of pyridine rings is 1. The molecule has 164 valence electrons. The van der Waals surface area contributed by atoms with Crippen molar-refractivity contribution in [2.24, 2.45) is 5.92 Å². The van der Waals surface area contributed by atoms with Gasteiger partial charge in [-0.3, -0.25) is 14.9 Å². The van der Waals surface area contributed by atoms with Crippen molar-refractivity contribution in [3.05, 3.63) is 82.1 Å². The normalized spacial score (nSPS) is 14.7. The monoisotopic (exact) mass is 443 g/mol. The van der Waals surface area contributed by atoms with Gasteiger partial charge in [0.15, 0.2) is 12.0 Å². The standard InChI is InChI=1S/C21H16F3N5O3/c22-13-2-3-14(15(23)8-13)16-4-5-18(29(31)32)17(27-16)9-19(30)28-10-12(11-28)20(24)21-25-6-1-7-26-21/h1-8,12,20H,9-11H2. The number of nitro groups is 1. The molecule has 3 heterocycles. The Bertz CT molecular complexity index is 1170. The first kappa shape index (κ1) is 21.3. The highest BCUT2D eigenvalue weighted by molar-refractivity contribution is 5.80. The second kappa shape index (κ2) is 8.69. The van der Waals surface area contributed by atoms with Crippen LogP contribution in [-0.2, 0) is 11.2 Å². The molecule has 3 aromatic rings. The van der Waals surface area contributed by atoms with E-state index in [1.165, 1.54) is 23.4 Å². The third-order valence-corrected chi connectivity index (χ3v) is 5.18. The number of rotatable bonds is 6. The molecular formula is C21H16F3N5O3. The van der Waals surface area contributed by atoms with Crippen LogP contribution in [0.15, 0.2) is 48.8 Å². The first-order valence-corrected chi connectivity index (χ1v) is 9.62. The maximum absolute atomic E-state index is 14.5. The van der Waals surface area contributed by atoms with Gasteiger partial charge in [-0.1, -0.05) is 0 Å². The zero-order valence-corrected chi connectivity index (χ0v) is 16.5. The lowest BCUT2D eigenvalue weighted by atomic mass is 9.93. The number of benzene rings is 1. The Morgan fingerprint density at radius 2 is 1.91 bits per heavy atom. The number of halogens is 3. The van der Waals surface area contributed by atoms with Gasteiger partial charge in [-0.05, 0) is 24.3 Å². The van der Waals surface area contributed by atoms with Crippen molar-refractivity contribution >= 4 is 11.6 Å². The Morgan fingerprint density at radius 1 is 1.19 bits per heavy atom. The fourth-order valence-corrected chi connectivity index (χ4v) is 3.46. The summed E-state index contributed by atoms with van der Waals surface area (Å²) in [4.78, 5) is 36.5. The Hall–Kier alpha value is -3.89. The SMILES string of the molecule is O=C(Cc1nc(-c2ccc(F)cc2F)ccc1[N+](=O)[O-])N1CC(C(F)c2ncccn2)C1. The topological polar surface area (TPSA) is 102 Å². The van der Waals surface area contributed by atoms with E-state index in [1.807, 2.05) is 0 Å². The lowest BCUT2D eigenvalue weighted by Gasteiger charge is -2.40. The highest BCUT2D eigenvalue weighted by atomic mass is 19.1. The summed E-state index contributed by atoms with van der Waals surface area (Å²) in [6, 6.07) is 6.80. The lowest BCUT2D eigenvalue weighted by Crippen LogP contribution is -2.52. The van der Waals surface area contributed by atoms with E-state index in [4.69, 9.17) is 0 Å². The molecule has 1 aliphatic rings. The lowest BCUT2D eigenvalue weighted by molar-refractivity contribution is -0.385. The van der Waals surface area contributed by atoms with Crippen LogP contribution in [0.25, 0.3) is 11.3 Å². The second-order valence-corrected chi connectivity index (χ2v) is 7.29. The van der Waals surface area contributed by atoms with Crippen molar-refractivity contribution in [2.75, 3.05) is 13.1 Å². The summed E-state index contributed by atoms with van der Waals surface area (Å²) in [5, 5.41) is 11.4. The fourth-order valence-electron chi connectivity index (χ4n) is 3.46. The molecule has 1 fully saturated rings. The molecule has 11 heteroatoms. The average Bonchev–Trinajstić information content (AvgIpc) is 2.73. The van der Waals surface area contributed by atoms with E-state index in [0.717, 1.165) is 18.2 Å². The molecule has 0 radical (unpaired) electrons. The number of hydrogen-bond donors (Lipinski definition) is 0. The van der Waals surface area contributed by atoms with Crippen molar-refractivity contribution in [1.82, 2.24) is 19.9 Å². The largest absolute Gasteiger partial charge is 0.341 e. The molecule has 2 aromatic heterocycles. The van der Waals surface area contributed by atoms with Crippen LogP contribution < -0.4 is 0 Å². The highest BCUT2D eigenvalue weighted by Gasteiger charge is 2.39. The van der Waals surface area contributed by atoms with Gasteiger partial charge in [0.05, 0.1) is 17.0 Å². The third-order valence-electron chi connectivity index (χ3n) is 5.18. The molecule has 0 saturated carbocycles. The summed E-state index contributed by atoms with van der Waals surface area (Å²) in [6.07, 6.45) is 1.01. The first-order chi connectivity index (χ1) is 15.3. The maximum Gasteiger partial charge on any atom is 0.291 e. The molecule has 1 aliphatic heterocycles. The zero-order valence-electron chi connectivity index (χ0n) is 16.5. The molecule has 0 spiro atoms. The quantitative estimate of drug-likeness (QED) is 0.427. The predicted molar refractivity (Wildman–Crippen MR) is 106 cm³/mol. The van der Waals surface area contributed by atoms with Crippen molar-refractivity contribution in [3.8, 4) is 11.3 Å². The van der Waals surface area contributed by atoms with Crippen LogP contribution in [0.1, 0.15) is 17.7 Å². The fraction of sp³-hybridized carbons (Fsp3) is 0.238. The molecule has 32 heavy (non-hydrogen) atoms. The molecule has 1 unspecified atom stereocenters. The number of amides is 1. The van der Waals surface area contributed by atoms with E-state index in [-0.39, 0.29) is 35.9 Å².